The van der Waals surface area contributed by atoms with E-state index in [-0.39, 0.29) is 36.5 Å². The Bertz CT molecular complexity index is 147. The summed E-state index contributed by atoms with van der Waals surface area (Å²) < 4.78 is 0. The first-order valence-corrected chi connectivity index (χ1v) is 2.18. The van der Waals surface area contributed by atoms with Crippen LogP contribution in [-0.4, -0.2) is 6.21 Å². The standard InChI is InChI=1S/C6H6N.BrH.Zn/c1-6-4-2-3-5-7-6;;/h3-5H,1H3;1H;/p-1. The van der Waals surface area contributed by atoms with Crippen molar-refractivity contribution in [1.29, 1.82) is 0 Å². The van der Waals surface area contributed by atoms with Gasteiger partial charge in [-0.05, 0) is 19.1 Å². The summed E-state index contributed by atoms with van der Waals surface area (Å²) in [4.78, 5) is 3.95. The molecule has 0 saturated heterocycles. The van der Waals surface area contributed by atoms with E-state index in [0.29, 0.717) is 0 Å². The van der Waals surface area contributed by atoms with Crippen LogP contribution in [0.25, 0.3) is 0 Å². The molecular weight excluding hydrogens is 231 g/mol. The first-order valence-electron chi connectivity index (χ1n) is 2.18. The van der Waals surface area contributed by atoms with E-state index in [1.54, 1.807) is 12.3 Å². The summed E-state index contributed by atoms with van der Waals surface area (Å²) in [5.74, 6) is 0. The predicted octanol–water partition coefficient (Wildman–Crippen LogP) is -1.66. The normalized spacial score (nSPS) is 14.3. The fraction of sp³-hybridized carbons (Fsp3) is 0.167. The van der Waals surface area contributed by atoms with Crippen LogP contribution in [0.1, 0.15) is 6.92 Å². The second kappa shape index (κ2) is 6.41. The van der Waals surface area contributed by atoms with E-state index in [4.69, 9.17) is 0 Å². The van der Waals surface area contributed by atoms with Crippen molar-refractivity contribution in [2.45, 2.75) is 6.92 Å². The molecule has 9 heavy (non-hydrogen) atoms. The molecule has 0 aromatic rings. The van der Waals surface area contributed by atoms with Crippen molar-refractivity contribution < 1.29 is 36.5 Å². The fourth-order valence-electron chi connectivity index (χ4n) is 0.404. The van der Waals surface area contributed by atoms with E-state index < -0.39 is 0 Å². The summed E-state index contributed by atoms with van der Waals surface area (Å²) in [6, 6.07) is 1.02. The van der Waals surface area contributed by atoms with Gasteiger partial charge in [-0.1, -0.05) is 0 Å². The molecule has 1 rings (SSSR count). The van der Waals surface area contributed by atoms with Gasteiger partial charge in [0, 0.05) is 25.7 Å². The molecule has 0 atom stereocenters. The molecular formula is C6H6BrNZn-. The first-order chi connectivity index (χ1) is 3.39. The minimum absolute atomic E-state index is 0. The maximum absolute atomic E-state index is 3.95. The van der Waals surface area contributed by atoms with E-state index >= 15 is 0 Å². The van der Waals surface area contributed by atoms with Crippen LogP contribution in [0.4, 0.5) is 0 Å². The molecule has 1 aliphatic rings. The molecule has 0 N–H and O–H groups in total. The van der Waals surface area contributed by atoms with Crippen LogP contribution in [0, 0.1) is 6.04 Å². The molecule has 0 amide bonds. The minimum Gasteiger partial charge on any atom is -1.00 e. The van der Waals surface area contributed by atoms with Gasteiger partial charge in [0.15, 0.2) is 0 Å². The van der Waals surface area contributed by atoms with E-state index in [9.17, 15) is 0 Å². The molecule has 1 heterocycles. The molecule has 1 aliphatic heterocycles. The number of rotatable bonds is 0. The van der Waals surface area contributed by atoms with Crippen LogP contribution in [0.3, 0.4) is 0 Å². The Morgan fingerprint density at radius 3 is 2.44 bits per heavy atom. The minimum atomic E-state index is 0. The van der Waals surface area contributed by atoms with Gasteiger partial charge in [-0.2, -0.15) is 0 Å². The topological polar surface area (TPSA) is 12.4 Å². The summed E-state index contributed by atoms with van der Waals surface area (Å²) in [6.45, 7) is 1.94. The first kappa shape index (κ1) is 12.0. The zero-order valence-electron chi connectivity index (χ0n) is 5.26. The van der Waals surface area contributed by atoms with Gasteiger partial charge < -0.3 is 17.0 Å². The Balaban J connectivity index is 0. The van der Waals surface area contributed by atoms with Crippen LogP contribution in [0.2, 0.25) is 0 Å². The summed E-state index contributed by atoms with van der Waals surface area (Å²) >= 11 is 0. The second-order valence-electron chi connectivity index (χ2n) is 1.40. The van der Waals surface area contributed by atoms with Gasteiger partial charge in [0.05, 0.1) is 0 Å². The third-order valence-corrected chi connectivity index (χ3v) is 0.741. The fourth-order valence-corrected chi connectivity index (χ4v) is 0.404. The average molecular weight is 237 g/mol. The molecule has 3 heteroatoms. The molecule has 1 nitrogen and oxygen atoms in total. The Labute approximate surface area is 78.5 Å². The molecule has 1 radical (unpaired) electrons. The predicted molar refractivity (Wildman–Crippen MR) is 30.1 cm³/mol. The van der Waals surface area contributed by atoms with Crippen molar-refractivity contribution >= 4 is 6.21 Å². The van der Waals surface area contributed by atoms with Crippen LogP contribution in [0.5, 0.6) is 0 Å². The summed E-state index contributed by atoms with van der Waals surface area (Å²) in [7, 11) is 0. The quantitative estimate of drug-likeness (QED) is 0.353. The number of hydrogen-bond acceptors (Lipinski definition) is 1. The third-order valence-electron chi connectivity index (χ3n) is 0.741. The van der Waals surface area contributed by atoms with Crippen molar-refractivity contribution in [3.8, 4) is 0 Å². The maximum Gasteiger partial charge on any atom is 0.112 e. The SMILES string of the molecule is C[C]1C=C=CC=N1.[Br-].[Zn]. The summed E-state index contributed by atoms with van der Waals surface area (Å²) in [6.07, 6.45) is 5.36. The van der Waals surface area contributed by atoms with Gasteiger partial charge in [-0.25, -0.2) is 0 Å². The van der Waals surface area contributed by atoms with Crippen LogP contribution in [-0.2, 0) is 19.5 Å². The van der Waals surface area contributed by atoms with E-state index in [1.807, 2.05) is 13.0 Å². The molecule has 0 unspecified atom stereocenters. The Kier molecular flexibility index (Phi) is 8.56. The van der Waals surface area contributed by atoms with Crippen molar-refractivity contribution in [3.05, 3.63) is 23.9 Å². The van der Waals surface area contributed by atoms with E-state index in [1.165, 1.54) is 0 Å². The second-order valence-corrected chi connectivity index (χ2v) is 1.40. The van der Waals surface area contributed by atoms with Gasteiger partial charge in [0.2, 0.25) is 0 Å². The molecule has 45 valence electrons. The van der Waals surface area contributed by atoms with Crippen LogP contribution in [0.15, 0.2) is 22.9 Å². The Morgan fingerprint density at radius 1 is 1.56 bits per heavy atom. The van der Waals surface area contributed by atoms with Gasteiger partial charge in [-0.15, -0.1) is 5.73 Å². The zero-order chi connectivity index (χ0) is 5.11. The molecule has 0 saturated carbocycles. The van der Waals surface area contributed by atoms with E-state index in [2.05, 4.69) is 10.7 Å². The number of hydrogen-bond donors (Lipinski definition) is 0. The molecule has 0 fully saturated rings. The largest absolute Gasteiger partial charge is 1.00 e. The molecule has 0 aromatic carbocycles. The number of nitrogens with zero attached hydrogens (tertiary/aromatic N) is 1. The van der Waals surface area contributed by atoms with Gasteiger partial charge in [-0.3, -0.25) is 4.99 Å². The average Bonchev–Trinajstić information content (AvgIpc) is 1.69. The van der Waals surface area contributed by atoms with Gasteiger partial charge in [0.25, 0.3) is 0 Å². The van der Waals surface area contributed by atoms with Crippen molar-refractivity contribution in [2.75, 3.05) is 0 Å². The smallest absolute Gasteiger partial charge is 0.112 e. The molecule has 0 aliphatic carbocycles. The van der Waals surface area contributed by atoms with Crippen LogP contribution < -0.4 is 17.0 Å². The van der Waals surface area contributed by atoms with Crippen molar-refractivity contribution in [2.24, 2.45) is 4.99 Å². The van der Waals surface area contributed by atoms with Crippen LogP contribution >= 0.6 is 0 Å². The monoisotopic (exact) mass is 235 g/mol. The third kappa shape index (κ3) is 4.78. The molecule has 0 bridgehead atoms. The maximum atomic E-state index is 3.95. The number of halogens is 1. The van der Waals surface area contributed by atoms with Gasteiger partial charge >= 0.3 is 0 Å². The Morgan fingerprint density at radius 2 is 2.22 bits per heavy atom. The zero-order valence-corrected chi connectivity index (χ0v) is 9.82. The van der Waals surface area contributed by atoms with E-state index in [0.717, 1.165) is 6.04 Å². The molecule has 0 spiro atoms. The van der Waals surface area contributed by atoms with Crippen molar-refractivity contribution in [3.63, 3.8) is 0 Å². The molecule has 0 aromatic heterocycles. The number of aliphatic imine (C=N–C) groups is 1. The summed E-state index contributed by atoms with van der Waals surface area (Å²) in [5, 5.41) is 0. The van der Waals surface area contributed by atoms with Crippen molar-refractivity contribution in [1.82, 2.24) is 0 Å². The van der Waals surface area contributed by atoms with Gasteiger partial charge in [0.1, 0.15) is 6.04 Å². The summed E-state index contributed by atoms with van der Waals surface area (Å²) in [5.41, 5.74) is 2.90. The Hall–Kier alpha value is 0.293.